The highest BCUT2D eigenvalue weighted by molar-refractivity contribution is 5.95. The van der Waals surface area contributed by atoms with Crippen LogP contribution in [0.4, 0.5) is 11.4 Å². The summed E-state index contributed by atoms with van der Waals surface area (Å²) in [5, 5.41) is 12.5. The number of fused-ring (bicyclic) bond motifs is 1. The SMILES string of the molecule is Cc1ccc(C(=O)O)c(Nc2ccc3c(c2)CCC3)c1. The van der Waals surface area contributed by atoms with E-state index in [1.54, 1.807) is 6.07 Å². The molecule has 0 unspecified atom stereocenters. The molecule has 102 valence electrons. The Hall–Kier alpha value is -2.29. The average Bonchev–Trinajstić information content (AvgIpc) is 2.85. The molecule has 0 atom stereocenters. The van der Waals surface area contributed by atoms with E-state index in [1.807, 2.05) is 25.1 Å². The number of aromatic carboxylic acids is 1. The van der Waals surface area contributed by atoms with Crippen molar-refractivity contribution < 1.29 is 9.90 Å². The first kappa shape index (κ1) is 12.7. The predicted molar refractivity (Wildman–Crippen MR) is 79.9 cm³/mol. The number of carboxylic acid groups (broad SMARTS) is 1. The van der Waals surface area contributed by atoms with E-state index in [4.69, 9.17) is 0 Å². The number of hydrogen-bond donors (Lipinski definition) is 2. The van der Waals surface area contributed by atoms with Crippen LogP contribution in [0.5, 0.6) is 0 Å². The summed E-state index contributed by atoms with van der Waals surface area (Å²) in [4.78, 5) is 11.3. The fourth-order valence-corrected chi connectivity index (χ4v) is 2.75. The highest BCUT2D eigenvalue weighted by atomic mass is 16.4. The van der Waals surface area contributed by atoms with Gasteiger partial charge in [-0.3, -0.25) is 0 Å². The number of hydrogen-bond acceptors (Lipinski definition) is 2. The average molecular weight is 267 g/mol. The minimum atomic E-state index is -0.909. The molecular weight excluding hydrogens is 250 g/mol. The van der Waals surface area contributed by atoms with Gasteiger partial charge in [0.2, 0.25) is 0 Å². The van der Waals surface area contributed by atoms with Crippen LogP contribution in [0.15, 0.2) is 36.4 Å². The van der Waals surface area contributed by atoms with Crippen LogP contribution in [0.2, 0.25) is 0 Å². The maximum Gasteiger partial charge on any atom is 0.337 e. The van der Waals surface area contributed by atoms with Gasteiger partial charge in [0.25, 0.3) is 0 Å². The Labute approximate surface area is 118 Å². The fraction of sp³-hybridized carbons (Fsp3) is 0.235. The van der Waals surface area contributed by atoms with Crippen molar-refractivity contribution >= 4 is 17.3 Å². The van der Waals surface area contributed by atoms with Gasteiger partial charge in [-0.1, -0.05) is 12.1 Å². The number of aryl methyl sites for hydroxylation is 3. The van der Waals surface area contributed by atoms with Gasteiger partial charge < -0.3 is 10.4 Å². The number of carbonyl (C=O) groups is 1. The van der Waals surface area contributed by atoms with Crippen LogP contribution < -0.4 is 5.32 Å². The molecule has 0 radical (unpaired) electrons. The Kier molecular flexibility index (Phi) is 3.18. The monoisotopic (exact) mass is 267 g/mol. The van der Waals surface area contributed by atoms with Crippen LogP contribution in [0.25, 0.3) is 0 Å². The molecule has 1 aliphatic rings. The topological polar surface area (TPSA) is 49.3 Å². The van der Waals surface area contributed by atoms with E-state index in [-0.39, 0.29) is 0 Å². The molecule has 0 aromatic heterocycles. The second-order valence-electron chi connectivity index (χ2n) is 5.32. The molecule has 0 bridgehead atoms. The first-order valence-corrected chi connectivity index (χ1v) is 6.86. The summed E-state index contributed by atoms with van der Waals surface area (Å²) in [6.45, 7) is 1.96. The van der Waals surface area contributed by atoms with Crippen LogP contribution in [-0.2, 0) is 12.8 Å². The molecule has 2 aromatic rings. The van der Waals surface area contributed by atoms with Gasteiger partial charge in [0, 0.05) is 5.69 Å². The van der Waals surface area contributed by atoms with Crippen molar-refractivity contribution in [2.45, 2.75) is 26.2 Å². The van der Waals surface area contributed by atoms with E-state index >= 15 is 0 Å². The number of rotatable bonds is 3. The summed E-state index contributed by atoms with van der Waals surface area (Å²) in [7, 11) is 0. The quantitative estimate of drug-likeness (QED) is 0.886. The predicted octanol–water partition coefficient (Wildman–Crippen LogP) is 3.93. The molecular formula is C17H17NO2. The Morgan fingerprint density at radius 3 is 2.70 bits per heavy atom. The van der Waals surface area contributed by atoms with E-state index in [1.165, 1.54) is 17.5 Å². The molecule has 3 nitrogen and oxygen atoms in total. The normalized spacial score (nSPS) is 13.1. The zero-order chi connectivity index (χ0) is 14.1. The molecule has 0 amide bonds. The molecule has 2 aromatic carbocycles. The lowest BCUT2D eigenvalue weighted by molar-refractivity contribution is 0.0698. The summed E-state index contributed by atoms with van der Waals surface area (Å²) in [5.41, 5.74) is 5.74. The standard InChI is InChI=1S/C17H17NO2/c1-11-5-8-15(17(19)20)16(9-11)18-14-7-6-12-3-2-4-13(12)10-14/h5-10,18H,2-4H2,1H3,(H,19,20). The van der Waals surface area contributed by atoms with Crippen molar-refractivity contribution in [3.05, 3.63) is 58.7 Å². The summed E-state index contributed by atoms with van der Waals surface area (Å²) in [5.74, 6) is -0.909. The maximum absolute atomic E-state index is 11.3. The lowest BCUT2D eigenvalue weighted by atomic mass is 10.1. The van der Waals surface area contributed by atoms with Gasteiger partial charge in [0.1, 0.15) is 0 Å². The van der Waals surface area contributed by atoms with Crippen LogP contribution in [0, 0.1) is 6.92 Å². The minimum absolute atomic E-state index is 0.302. The molecule has 0 spiro atoms. The van der Waals surface area contributed by atoms with Crippen LogP contribution in [0.1, 0.15) is 33.5 Å². The molecule has 3 heteroatoms. The van der Waals surface area contributed by atoms with Gasteiger partial charge in [0.05, 0.1) is 11.3 Å². The second kappa shape index (κ2) is 5.00. The van der Waals surface area contributed by atoms with Crippen molar-refractivity contribution in [2.24, 2.45) is 0 Å². The van der Waals surface area contributed by atoms with Crippen molar-refractivity contribution in [1.82, 2.24) is 0 Å². The van der Waals surface area contributed by atoms with E-state index in [9.17, 15) is 9.90 Å². The van der Waals surface area contributed by atoms with E-state index in [0.29, 0.717) is 11.3 Å². The van der Waals surface area contributed by atoms with Gasteiger partial charge in [0.15, 0.2) is 0 Å². The lowest BCUT2D eigenvalue weighted by Crippen LogP contribution is -2.03. The minimum Gasteiger partial charge on any atom is -0.478 e. The van der Waals surface area contributed by atoms with Gasteiger partial charge >= 0.3 is 5.97 Å². The Morgan fingerprint density at radius 1 is 1.10 bits per heavy atom. The number of carboxylic acids is 1. The smallest absolute Gasteiger partial charge is 0.337 e. The first-order chi connectivity index (χ1) is 9.63. The number of nitrogens with one attached hydrogen (secondary N) is 1. The Morgan fingerprint density at radius 2 is 1.90 bits per heavy atom. The molecule has 0 fully saturated rings. The largest absolute Gasteiger partial charge is 0.478 e. The molecule has 3 rings (SSSR count). The fourth-order valence-electron chi connectivity index (χ4n) is 2.75. The van der Waals surface area contributed by atoms with E-state index < -0.39 is 5.97 Å². The molecule has 0 aliphatic heterocycles. The van der Waals surface area contributed by atoms with Gasteiger partial charge in [-0.25, -0.2) is 4.79 Å². The summed E-state index contributed by atoms with van der Waals surface area (Å²) >= 11 is 0. The molecule has 20 heavy (non-hydrogen) atoms. The van der Waals surface area contributed by atoms with Crippen LogP contribution in [-0.4, -0.2) is 11.1 Å². The Bertz CT molecular complexity index is 677. The lowest BCUT2D eigenvalue weighted by Gasteiger charge is -2.12. The molecule has 2 N–H and O–H groups in total. The zero-order valence-electron chi connectivity index (χ0n) is 11.4. The maximum atomic E-state index is 11.3. The van der Waals surface area contributed by atoms with Crippen LogP contribution in [0.3, 0.4) is 0 Å². The number of anilines is 2. The van der Waals surface area contributed by atoms with Crippen molar-refractivity contribution in [3.63, 3.8) is 0 Å². The van der Waals surface area contributed by atoms with Gasteiger partial charge in [-0.05, 0) is 67.1 Å². The highest BCUT2D eigenvalue weighted by Crippen LogP contribution is 2.28. The van der Waals surface area contributed by atoms with Crippen LogP contribution >= 0.6 is 0 Å². The van der Waals surface area contributed by atoms with Crippen molar-refractivity contribution in [1.29, 1.82) is 0 Å². The summed E-state index contributed by atoms with van der Waals surface area (Å²) in [6, 6.07) is 11.6. The van der Waals surface area contributed by atoms with Gasteiger partial charge in [-0.15, -0.1) is 0 Å². The third kappa shape index (κ3) is 2.39. The third-order valence-corrected chi connectivity index (χ3v) is 3.78. The van der Waals surface area contributed by atoms with E-state index in [0.717, 1.165) is 24.1 Å². The Balaban J connectivity index is 1.95. The molecule has 0 heterocycles. The second-order valence-corrected chi connectivity index (χ2v) is 5.32. The summed E-state index contributed by atoms with van der Waals surface area (Å²) in [6.07, 6.45) is 3.48. The third-order valence-electron chi connectivity index (χ3n) is 3.78. The number of benzene rings is 2. The van der Waals surface area contributed by atoms with Gasteiger partial charge in [-0.2, -0.15) is 0 Å². The molecule has 0 saturated carbocycles. The zero-order valence-corrected chi connectivity index (χ0v) is 11.4. The van der Waals surface area contributed by atoms with Crippen molar-refractivity contribution in [2.75, 3.05) is 5.32 Å². The highest BCUT2D eigenvalue weighted by Gasteiger charge is 2.13. The van der Waals surface area contributed by atoms with E-state index in [2.05, 4.69) is 17.4 Å². The molecule has 0 saturated heterocycles. The molecule has 1 aliphatic carbocycles. The first-order valence-electron chi connectivity index (χ1n) is 6.86. The van der Waals surface area contributed by atoms with Crippen molar-refractivity contribution in [3.8, 4) is 0 Å². The summed E-state index contributed by atoms with van der Waals surface area (Å²) < 4.78 is 0.